The van der Waals surface area contributed by atoms with Crippen LogP contribution in [0.3, 0.4) is 0 Å². The molecule has 3 aromatic rings. The number of thiophene rings is 1. The molecular weight excluding hydrogens is 353 g/mol. The van der Waals surface area contributed by atoms with Gasteiger partial charge in [0.25, 0.3) is 11.8 Å². The number of hydrogen-bond donors (Lipinski definition) is 2. The van der Waals surface area contributed by atoms with Gasteiger partial charge in [-0.25, -0.2) is 4.39 Å². The van der Waals surface area contributed by atoms with E-state index in [0.717, 1.165) is 16.9 Å². The molecule has 7 heteroatoms. The van der Waals surface area contributed by atoms with E-state index >= 15 is 0 Å². The van der Waals surface area contributed by atoms with Crippen molar-refractivity contribution in [1.82, 2.24) is 15.8 Å². The first kappa shape index (κ1) is 18.0. The number of nitrogens with one attached hydrogen (secondary N) is 2. The van der Waals surface area contributed by atoms with Gasteiger partial charge in [-0.3, -0.25) is 25.4 Å². The average molecular weight is 371 g/mol. The average Bonchev–Trinajstić information content (AvgIpc) is 2.99. The standard InChI is InChI=1S/C19H18FN3O2S/c1-4-16-10(2)7-17(26-16)19(25)23-22-18(24)14-8-12-5-6-13(20)9-15(12)21-11(14)3/h5-9H,4H2,1-3H3,(H,22,24)(H,23,25). The maximum absolute atomic E-state index is 13.3. The lowest BCUT2D eigenvalue weighted by atomic mass is 10.1. The molecule has 0 spiro atoms. The molecule has 3 rings (SSSR count). The SMILES string of the molecule is CCc1sc(C(=O)NNC(=O)c2cc3ccc(F)cc3nc2C)cc1C. The molecule has 2 N–H and O–H groups in total. The van der Waals surface area contributed by atoms with Gasteiger partial charge in [-0.1, -0.05) is 6.92 Å². The number of rotatable bonds is 3. The van der Waals surface area contributed by atoms with Crippen LogP contribution >= 0.6 is 11.3 Å². The van der Waals surface area contributed by atoms with Crippen LogP contribution in [0.15, 0.2) is 30.3 Å². The highest BCUT2D eigenvalue weighted by molar-refractivity contribution is 7.14. The van der Waals surface area contributed by atoms with Crippen molar-refractivity contribution in [3.05, 3.63) is 62.7 Å². The van der Waals surface area contributed by atoms with Gasteiger partial charge in [0.1, 0.15) is 5.82 Å². The zero-order valence-electron chi connectivity index (χ0n) is 14.6. The molecule has 0 aliphatic heterocycles. The number of carbonyl (C=O) groups excluding carboxylic acids is 2. The quantitative estimate of drug-likeness (QED) is 0.690. The number of carbonyl (C=O) groups is 2. The number of pyridine rings is 1. The fourth-order valence-corrected chi connectivity index (χ4v) is 3.70. The maximum atomic E-state index is 13.3. The van der Waals surface area contributed by atoms with Crippen molar-refractivity contribution in [2.24, 2.45) is 0 Å². The predicted octanol–water partition coefficient (Wildman–Crippen LogP) is 3.69. The van der Waals surface area contributed by atoms with Gasteiger partial charge in [0.2, 0.25) is 0 Å². The van der Waals surface area contributed by atoms with Crippen LogP contribution in [0.4, 0.5) is 4.39 Å². The lowest BCUT2D eigenvalue weighted by molar-refractivity contribution is 0.0848. The van der Waals surface area contributed by atoms with Gasteiger partial charge < -0.3 is 0 Å². The Morgan fingerprint density at radius 2 is 1.85 bits per heavy atom. The number of hydrazine groups is 1. The second kappa shape index (κ2) is 7.21. The van der Waals surface area contributed by atoms with Gasteiger partial charge in [0.05, 0.1) is 21.7 Å². The molecule has 2 amide bonds. The summed E-state index contributed by atoms with van der Waals surface area (Å²) >= 11 is 1.41. The molecule has 0 bridgehead atoms. The van der Waals surface area contributed by atoms with Crippen molar-refractivity contribution in [2.75, 3.05) is 0 Å². The van der Waals surface area contributed by atoms with E-state index in [1.54, 1.807) is 19.1 Å². The Balaban J connectivity index is 1.75. The maximum Gasteiger partial charge on any atom is 0.279 e. The van der Waals surface area contributed by atoms with Crippen molar-refractivity contribution in [3.63, 3.8) is 0 Å². The largest absolute Gasteiger partial charge is 0.279 e. The molecule has 2 aromatic heterocycles. The molecule has 0 fully saturated rings. The number of aromatic nitrogens is 1. The monoisotopic (exact) mass is 371 g/mol. The summed E-state index contributed by atoms with van der Waals surface area (Å²) in [6.45, 7) is 5.65. The molecular formula is C19H18FN3O2S. The minimum absolute atomic E-state index is 0.320. The molecule has 1 aromatic carbocycles. The third-order valence-electron chi connectivity index (χ3n) is 4.07. The molecule has 0 atom stereocenters. The van der Waals surface area contributed by atoms with E-state index in [2.05, 4.69) is 15.8 Å². The van der Waals surface area contributed by atoms with Crippen molar-refractivity contribution in [3.8, 4) is 0 Å². The van der Waals surface area contributed by atoms with Gasteiger partial charge in [0.15, 0.2) is 0 Å². The summed E-state index contributed by atoms with van der Waals surface area (Å²) in [4.78, 5) is 30.6. The van der Waals surface area contributed by atoms with Gasteiger partial charge in [-0.15, -0.1) is 11.3 Å². The molecule has 26 heavy (non-hydrogen) atoms. The summed E-state index contributed by atoms with van der Waals surface area (Å²) in [7, 11) is 0. The predicted molar refractivity (Wildman–Crippen MR) is 99.8 cm³/mol. The fourth-order valence-electron chi connectivity index (χ4n) is 2.69. The zero-order chi connectivity index (χ0) is 18.8. The Kier molecular flexibility index (Phi) is 4.99. The van der Waals surface area contributed by atoms with Crippen molar-refractivity contribution in [2.45, 2.75) is 27.2 Å². The first-order valence-electron chi connectivity index (χ1n) is 8.16. The second-order valence-electron chi connectivity index (χ2n) is 5.94. The number of nitrogens with zero attached hydrogens (tertiary/aromatic N) is 1. The molecule has 2 heterocycles. The summed E-state index contributed by atoms with van der Waals surface area (Å²) in [5.41, 5.74) is 7.16. The summed E-state index contributed by atoms with van der Waals surface area (Å²) < 4.78 is 13.3. The van der Waals surface area contributed by atoms with Crippen LogP contribution in [0.1, 0.15) is 43.1 Å². The minimum Gasteiger partial charge on any atom is -0.267 e. The molecule has 0 aliphatic rings. The van der Waals surface area contributed by atoms with E-state index in [0.29, 0.717) is 27.0 Å². The number of hydrogen-bond acceptors (Lipinski definition) is 4. The number of benzene rings is 1. The molecule has 0 saturated heterocycles. The Hall–Kier alpha value is -2.80. The normalized spacial score (nSPS) is 10.8. The number of fused-ring (bicyclic) bond motifs is 1. The van der Waals surface area contributed by atoms with E-state index in [1.165, 1.54) is 23.5 Å². The third kappa shape index (κ3) is 3.57. The van der Waals surface area contributed by atoms with Crippen molar-refractivity contribution < 1.29 is 14.0 Å². The van der Waals surface area contributed by atoms with Gasteiger partial charge >= 0.3 is 0 Å². The first-order chi connectivity index (χ1) is 12.4. The number of amides is 2. The van der Waals surface area contributed by atoms with Crippen molar-refractivity contribution >= 4 is 34.1 Å². The molecule has 0 aliphatic carbocycles. The van der Waals surface area contributed by atoms with Crippen LogP contribution in [0.2, 0.25) is 0 Å². The number of halogens is 1. The van der Waals surface area contributed by atoms with Crippen LogP contribution in [-0.4, -0.2) is 16.8 Å². The summed E-state index contributed by atoms with van der Waals surface area (Å²) in [5, 5.41) is 0.648. The Morgan fingerprint density at radius 3 is 2.54 bits per heavy atom. The van der Waals surface area contributed by atoms with E-state index in [4.69, 9.17) is 0 Å². The van der Waals surface area contributed by atoms with Gasteiger partial charge in [0, 0.05) is 16.3 Å². The highest BCUT2D eigenvalue weighted by atomic mass is 32.1. The summed E-state index contributed by atoms with van der Waals surface area (Å²) in [5.74, 6) is -1.22. The van der Waals surface area contributed by atoms with E-state index in [9.17, 15) is 14.0 Å². The fraction of sp³-hybridized carbons (Fsp3) is 0.211. The van der Waals surface area contributed by atoms with E-state index < -0.39 is 5.91 Å². The molecule has 0 unspecified atom stereocenters. The topological polar surface area (TPSA) is 71.1 Å². The Bertz CT molecular complexity index is 1010. The summed E-state index contributed by atoms with van der Waals surface area (Å²) in [6.07, 6.45) is 0.860. The number of aryl methyl sites for hydroxylation is 3. The third-order valence-corrected chi connectivity index (χ3v) is 5.45. The summed E-state index contributed by atoms with van der Waals surface area (Å²) in [6, 6.07) is 7.63. The first-order valence-corrected chi connectivity index (χ1v) is 8.97. The smallest absolute Gasteiger partial charge is 0.267 e. The molecule has 0 radical (unpaired) electrons. The van der Waals surface area contributed by atoms with E-state index in [1.807, 2.05) is 19.9 Å². The molecule has 0 saturated carbocycles. The van der Waals surface area contributed by atoms with Crippen LogP contribution < -0.4 is 10.9 Å². The van der Waals surface area contributed by atoms with Crippen LogP contribution in [0.5, 0.6) is 0 Å². The van der Waals surface area contributed by atoms with Crippen LogP contribution in [-0.2, 0) is 6.42 Å². The molecule has 5 nitrogen and oxygen atoms in total. The molecule has 134 valence electrons. The van der Waals surface area contributed by atoms with Crippen molar-refractivity contribution in [1.29, 1.82) is 0 Å². The zero-order valence-corrected chi connectivity index (χ0v) is 15.5. The minimum atomic E-state index is -0.474. The highest BCUT2D eigenvalue weighted by Crippen LogP contribution is 2.22. The lowest BCUT2D eigenvalue weighted by Gasteiger charge is -2.09. The van der Waals surface area contributed by atoms with Gasteiger partial charge in [-0.2, -0.15) is 0 Å². The van der Waals surface area contributed by atoms with Crippen LogP contribution in [0.25, 0.3) is 10.9 Å². The Labute approximate surface area is 154 Å². The Morgan fingerprint density at radius 1 is 1.12 bits per heavy atom. The lowest BCUT2D eigenvalue weighted by Crippen LogP contribution is -2.41. The highest BCUT2D eigenvalue weighted by Gasteiger charge is 2.15. The van der Waals surface area contributed by atoms with Crippen LogP contribution in [0, 0.1) is 19.7 Å². The van der Waals surface area contributed by atoms with Gasteiger partial charge in [-0.05, 0) is 50.1 Å². The van der Waals surface area contributed by atoms with E-state index in [-0.39, 0.29) is 11.7 Å². The second-order valence-corrected chi connectivity index (χ2v) is 7.07.